The maximum atomic E-state index is 6.48. The Hall–Kier alpha value is -8.52. The lowest BCUT2D eigenvalue weighted by Gasteiger charge is -2.24. The largest absolute Gasteiger partial charge is 0.456 e. The van der Waals surface area contributed by atoms with Crippen molar-refractivity contribution in [3.8, 4) is 44.5 Å². The fraction of sp³-hybridized carbons (Fsp3) is 0.0448. The second-order valence-electron chi connectivity index (χ2n) is 19.4. The number of para-hydroxylation sites is 1. The Kier molecular flexibility index (Phi) is 7.63. The molecule has 15 rings (SSSR count). The minimum absolute atomic E-state index is 0.0960. The first-order valence-electron chi connectivity index (χ1n) is 23.8. The molecular weight excluding hydrogens is 821 g/mol. The zero-order chi connectivity index (χ0) is 44.8. The van der Waals surface area contributed by atoms with Gasteiger partial charge in [-0.05, 0) is 161 Å². The predicted octanol–water partition coefficient (Wildman–Crippen LogP) is 19.0. The van der Waals surface area contributed by atoms with Crippen molar-refractivity contribution >= 4 is 97.3 Å². The first-order valence-corrected chi connectivity index (χ1v) is 23.8. The highest BCUT2D eigenvalue weighted by Gasteiger charge is 2.35. The Bertz CT molecular complexity index is 4410. The third-order valence-electron chi connectivity index (χ3n) is 15.6. The molecule has 0 bridgehead atoms. The molecule has 14 aromatic rings. The monoisotopic (exact) mass is 862 g/mol. The Balaban J connectivity index is 0.995. The van der Waals surface area contributed by atoms with Gasteiger partial charge in [-0.2, -0.15) is 0 Å². The van der Waals surface area contributed by atoms with Crippen LogP contribution in [0.2, 0.25) is 0 Å². The molecular formula is C67H42O. The van der Waals surface area contributed by atoms with Crippen molar-refractivity contribution < 1.29 is 4.42 Å². The van der Waals surface area contributed by atoms with Crippen LogP contribution in [0.1, 0.15) is 25.0 Å². The minimum atomic E-state index is -0.0960. The maximum Gasteiger partial charge on any atom is 0.136 e. The van der Waals surface area contributed by atoms with Crippen LogP contribution in [-0.4, -0.2) is 0 Å². The van der Waals surface area contributed by atoms with Crippen molar-refractivity contribution in [3.05, 3.63) is 230 Å². The lowest BCUT2D eigenvalue weighted by molar-refractivity contribution is 0.660. The number of fused-ring (bicyclic) bond motifs is 16. The van der Waals surface area contributed by atoms with Gasteiger partial charge >= 0.3 is 0 Å². The smallest absolute Gasteiger partial charge is 0.136 e. The first kappa shape index (κ1) is 37.7. The molecule has 0 saturated heterocycles. The minimum Gasteiger partial charge on any atom is -0.456 e. The van der Waals surface area contributed by atoms with Crippen LogP contribution < -0.4 is 0 Å². The molecule has 0 amide bonds. The lowest BCUT2D eigenvalue weighted by atomic mass is 9.79. The van der Waals surface area contributed by atoms with Crippen LogP contribution in [-0.2, 0) is 5.41 Å². The van der Waals surface area contributed by atoms with Crippen molar-refractivity contribution in [1.82, 2.24) is 0 Å². The van der Waals surface area contributed by atoms with E-state index in [9.17, 15) is 0 Å². The van der Waals surface area contributed by atoms with E-state index < -0.39 is 0 Å². The van der Waals surface area contributed by atoms with E-state index in [1.54, 1.807) is 0 Å². The molecule has 1 nitrogen and oxygen atoms in total. The van der Waals surface area contributed by atoms with E-state index in [2.05, 4.69) is 226 Å². The fourth-order valence-corrected chi connectivity index (χ4v) is 12.6. The van der Waals surface area contributed by atoms with Gasteiger partial charge in [0.1, 0.15) is 11.2 Å². The van der Waals surface area contributed by atoms with Crippen molar-refractivity contribution in [2.24, 2.45) is 0 Å². The average molecular weight is 863 g/mol. The van der Waals surface area contributed by atoms with E-state index in [4.69, 9.17) is 4.42 Å². The van der Waals surface area contributed by atoms with E-state index >= 15 is 0 Å². The molecule has 0 N–H and O–H groups in total. The number of hydrogen-bond donors (Lipinski definition) is 0. The van der Waals surface area contributed by atoms with E-state index in [0.29, 0.717) is 0 Å². The zero-order valence-corrected chi connectivity index (χ0v) is 37.7. The van der Waals surface area contributed by atoms with Crippen LogP contribution in [0.3, 0.4) is 0 Å². The Morgan fingerprint density at radius 1 is 0.250 bits per heavy atom. The summed E-state index contributed by atoms with van der Waals surface area (Å²) in [4.78, 5) is 0. The Morgan fingerprint density at radius 2 is 0.647 bits per heavy atom. The molecule has 1 aliphatic rings. The first-order chi connectivity index (χ1) is 33.5. The fourth-order valence-electron chi connectivity index (χ4n) is 12.6. The van der Waals surface area contributed by atoms with Gasteiger partial charge in [-0.25, -0.2) is 0 Å². The molecule has 0 aliphatic heterocycles. The summed E-state index contributed by atoms with van der Waals surface area (Å²) in [5.41, 5.74) is 14.8. The third kappa shape index (κ3) is 5.05. The summed E-state index contributed by atoms with van der Waals surface area (Å²) in [5, 5.41) is 19.8. The van der Waals surface area contributed by atoms with Crippen LogP contribution in [0, 0.1) is 0 Å². The Labute approximate surface area is 393 Å². The van der Waals surface area contributed by atoms with Crippen LogP contribution in [0.25, 0.3) is 142 Å². The molecule has 316 valence electrons. The molecule has 0 unspecified atom stereocenters. The van der Waals surface area contributed by atoms with Crippen molar-refractivity contribution in [1.29, 1.82) is 0 Å². The van der Waals surface area contributed by atoms with E-state index in [1.165, 1.54) is 131 Å². The summed E-state index contributed by atoms with van der Waals surface area (Å²) in [6.45, 7) is 4.75. The van der Waals surface area contributed by atoms with Crippen LogP contribution in [0.4, 0.5) is 0 Å². The lowest BCUT2D eigenvalue weighted by Crippen LogP contribution is -2.14. The van der Waals surface area contributed by atoms with Gasteiger partial charge in [0, 0.05) is 16.2 Å². The molecule has 1 aromatic heterocycles. The average Bonchev–Trinajstić information content (AvgIpc) is 3.87. The van der Waals surface area contributed by atoms with Gasteiger partial charge in [0.05, 0.1) is 0 Å². The quantitative estimate of drug-likeness (QED) is 0.127. The van der Waals surface area contributed by atoms with Crippen LogP contribution >= 0.6 is 0 Å². The van der Waals surface area contributed by atoms with Crippen LogP contribution in [0.15, 0.2) is 223 Å². The molecule has 1 heteroatoms. The van der Waals surface area contributed by atoms with Gasteiger partial charge < -0.3 is 4.42 Å². The Morgan fingerprint density at radius 3 is 1.22 bits per heavy atom. The van der Waals surface area contributed by atoms with Gasteiger partial charge in [0.25, 0.3) is 0 Å². The summed E-state index contributed by atoms with van der Waals surface area (Å²) in [7, 11) is 0. The number of furan rings is 1. The second kappa shape index (κ2) is 13.8. The highest BCUT2D eigenvalue weighted by Crippen LogP contribution is 2.53. The van der Waals surface area contributed by atoms with E-state index in [-0.39, 0.29) is 5.41 Å². The van der Waals surface area contributed by atoms with Gasteiger partial charge in [0.15, 0.2) is 0 Å². The normalized spacial score (nSPS) is 13.3. The molecule has 0 spiro atoms. The predicted molar refractivity (Wildman–Crippen MR) is 290 cm³/mol. The van der Waals surface area contributed by atoms with Crippen molar-refractivity contribution in [2.45, 2.75) is 19.3 Å². The van der Waals surface area contributed by atoms with Gasteiger partial charge in [-0.15, -0.1) is 0 Å². The third-order valence-corrected chi connectivity index (χ3v) is 15.6. The molecule has 0 radical (unpaired) electrons. The number of hydrogen-bond acceptors (Lipinski definition) is 1. The molecule has 1 heterocycles. The van der Waals surface area contributed by atoms with Crippen LogP contribution in [0.5, 0.6) is 0 Å². The highest BCUT2D eigenvalue weighted by atomic mass is 16.3. The van der Waals surface area contributed by atoms with Gasteiger partial charge in [-0.1, -0.05) is 202 Å². The molecule has 0 atom stereocenters. The topological polar surface area (TPSA) is 13.1 Å². The molecule has 68 heavy (non-hydrogen) atoms. The SMILES string of the molecule is CC1(C)c2ccccc2-c2ccc(-c3c4ccccc4c(-c4c5ccccc5c(-c5ccc6c(c5)c5ccccc5c5cc7c(cc65)oc5ccccc57)c5ccccc45)c4ccccc34)cc21. The molecule has 1 aliphatic carbocycles. The molecule has 0 saturated carbocycles. The van der Waals surface area contributed by atoms with Crippen molar-refractivity contribution in [2.75, 3.05) is 0 Å². The number of benzene rings is 13. The standard InChI is InChI=1S/C67H42O/c1-67(2)59-29-15-13-19-44(59)45-34-32-40(36-60(45)67)64-49-23-7-11-27-53(49)66(54-28-12-8-24-50(54)64)65-51-25-9-5-21-47(51)63(48-22-6-10-26-52(48)65)39-31-33-43-55(35-39)41-17-3-4-18-42(41)56-37-58-46-20-14-16-30-61(46)68-62(58)38-57(43)56/h3-38H,1-2H3. The highest BCUT2D eigenvalue weighted by molar-refractivity contribution is 6.32. The summed E-state index contributed by atoms with van der Waals surface area (Å²) >= 11 is 0. The summed E-state index contributed by atoms with van der Waals surface area (Å²) in [6, 6.07) is 81.7. The second-order valence-corrected chi connectivity index (χ2v) is 19.4. The number of rotatable bonds is 3. The van der Waals surface area contributed by atoms with Gasteiger partial charge in [0.2, 0.25) is 0 Å². The van der Waals surface area contributed by atoms with Crippen molar-refractivity contribution in [3.63, 3.8) is 0 Å². The molecule has 0 fully saturated rings. The zero-order valence-electron chi connectivity index (χ0n) is 37.7. The molecule has 13 aromatic carbocycles. The van der Waals surface area contributed by atoms with E-state index in [1.807, 2.05) is 6.07 Å². The summed E-state index contributed by atoms with van der Waals surface area (Å²) in [6.07, 6.45) is 0. The maximum absolute atomic E-state index is 6.48. The summed E-state index contributed by atoms with van der Waals surface area (Å²) < 4.78 is 6.48. The van der Waals surface area contributed by atoms with Gasteiger partial charge in [-0.3, -0.25) is 0 Å². The summed E-state index contributed by atoms with van der Waals surface area (Å²) in [5.74, 6) is 0. The van der Waals surface area contributed by atoms with E-state index in [0.717, 1.165) is 21.9 Å².